The summed E-state index contributed by atoms with van der Waals surface area (Å²) in [6, 6.07) is 80.9. The van der Waals surface area contributed by atoms with Gasteiger partial charge in [-0.25, -0.2) is 0 Å². The second-order valence-corrected chi connectivity index (χ2v) is 17.7. The summed E-state index contributed by atoms with van der Waals surface area (Å²) in [5.74, 6) is 0. The van der Waals surface area contributed by atoms with Crippen LogP contribution in [0.5, 0.6) is 0 Å². The summed E-state index contributed by atoms with van der Waals surface area (Å²) in [6.07, 6.45) is 0. The molecule has 0 aliphatic rings. The lowest BCUT2D eigenvalue weighted by Crippen LogP contribution is -2.09. The van der Waals surface area contributed by atoms with Gasteiger partial charge in [0.1, 0.15) is 22.3 Å². The molecular formula is C62H37N3O2. The number of nitrogens with zero attached hydrogens (tertiary/aromatic N) is 3. The second-order valence-electron chi connectivity index (χ2n) is 17.7. The maximum absolute atomic E-state index is 6.40. The van der Waals surface area contributed by atoms with Gasteiger partial charge in [0.05, 0.1) is 16.6 Å². The Bertz CT molecular complexity index is 4190. The van der Waals surface area contributed by atoms with Crippen LogP contribution in [0.2, 0.25) is 0 Å². The van der Waals surface area contributed by atoms with Gasteiger partial charge in [-0.1, -0.05) is 103 Å². The molecule has 0 N–H and O–H groups in total. The molecule has 15 rings (SSSR count). The molecule has 11 aromatic carbocycles. The quantitative estimate of drug-likeness (QED) is 0.167. The number of hydrogen-bond donors (Lipinski definition) is 0. The zero-order valence-corrected chi connectivity index (χ0v) is 36.0. The predicted octanol–water partition coefficient (Wildman–Crippen LogP) is 17.9. The highest BCUT2D eigenvalue weighted by Gasteiger charge is 2.22. The summed E-state index contributed by atoms with van der Waals surface area (Å²) in [6.45, 7) is 0. The first-order valence-electron chi connectivity index (χ1n) is 22.8. The largest absolute Gasteiger partial charge is 0.456 e. The lowest BCUT2D eigenvalue weighted by molar-refractivity contribution is 0.668. The number of benzene rings is 11. The highest BCUT2D eigenvalue weighted by molar-refractivity contribution is 6.26. The average Bonchev–Trinajstić information content (AvgIpc) is 4.12. The normalized spacial score (nSPS) is 12.2. The Morgan fingerprint density at radius 3 is 1.15 bits per heavy atom. The number of furan rings is 2. The van der Waals surface area contributed by atoms with Crippen LogP contribution in [0.1, 0.15) is 0 Å². The summed E-state index contributed by atoms with van der Waals surface area (Å²) in [5, 5.41) is 14.3. The average molecular weight is 856 g/mol. The van der Waals surface area contributed by atoms with E-state index in [9.17, 15) is 0 Å². The topological polar surface area (TPSA) is 37.2 Å². The number of rotatable bonds is 6. The SMILES string of the molecule is c1ccc(N(c2ccc3cc4c5cccc6c7cc8ccc(N(c9ccccc9)c9ccc%10c(c9)oc9ccccc9%10)cc8cc7n(c4cc3c2)c56)c2ccc3c(c2)oc2ccccc23)cc1. The molecule has 0 saturated carbocycles. The van der Waals surface area contributed by atoms with Gasteiger partial charge >= 0.3 is 0 Å². The summed E-state index contributed by atoms with van der Waals surface area (Å²) >= 11 is 0. The molecular weight excluding hydrogens is 819 g/mol. The first-order valence-corrected chi connectivity index (χ1v) is 22.8. The summed E-state index contributed by atoms with van der Waals surface area (Å²) in [5.41, 5.74) is 13.6. The van der Waals surface area contributed by atoms with Crippen molar-refractivity contribution < 1.29 is 8.83 Å². The van der Waals surface area contributed by atoms with Crippen LogP contribution >= 0.6 is 0 Å². The Kier molecular flexibility index (Phi) is 7.44. The standard InChI is InChI=1S/C62H37N3O2/c1-3-12-42(13-4-1)63(46-26-28-50-48-16-7-9-20-58(48)66-60(50)36-46)44-24-22-38-32-54-52-18-11-19-53-55-33-39-23-25-45(31-41(39)35-57(55)65(62(52)53)56(54)34-40(38)30-44)64(43-14-5-2-6-15-43)47-27-29-51-49-17-8-10-21-59(49)67-61(51)37-47/h1-37H. The van der Waals surface area contributed by atoms with Gasteiger partial charge in [0.2, 0.25) is 0 Å². The number of fused-ring (bicyclic) bond motifs is 14. The third-order valence-electron chi connectivity index (χ3n) is 14.0. The summed E-state index contributed by atoms with van der Waals surface area (Å²) in [7, 11) is 0. The van der Waals surface area contributed by atoms with Crippen LogP contribution in [-0.2, 0) is 0 Å². The van der Waals surface area contributed by atoms with Crippen LogP contribution in [0.25, 0.3) is 104 Å². The van der Waals surface area contributed by atoms with E-state index in [1.165, 1.54) is 59.6 Å². The van der Waals surface area contributed by atoms with Crippen molar-refractivity contribution in [1.29, 1.82) is 0 Å². The van der Waals surface area contributed by atoms with Crippen molar-refractivity contribution in [3.05, 3.63) is 224 Å². The second kappa shape index (κ2) is 13.7. The molecule has 0 amide bonds. The molecule has 5 heteroatoms. The molecule has 0 fully saturated rings. The van der Waals surface area contributed by atoms with Crippen molar-refractivity contribution >= 4 is 138 Å². The maximum atomic E-state index is 6.40. The van der Waals surface area contributed by atoms with Crippen molar-refractivity contribution in [3.63, 3.8) is 0 Å². The number of anilines is 6. The highest BCUT2D eigenvalue weighted by atomic mass is 16.3. The number of hydrogen-bond acceptors (Lipinski definition) is 4. The van der Waals surface area contributed by atoms with E-state index in [0.717, 1.165) is 78.0 Å². The monoisotopic (exact) mass is 855 g/mol. The van der Waals surface area contributed by atoms with Gasteiger partial charge in [0.25, 0.3) is 0 Å². The smallest absolute Gasteiger partial charge is 0.137 e. The Morgan fingerprint density at radius 2 is 0.657 bits per heavy atom. The Morgan fingerprint density at radius 1 is 0.254 bits per heavy atom. The van der Waals surface area contributed by atoms with Crippen molar-refractivity contribution in [3.8, 4) is 0 Å². The van der Waals surface area contributed by atoms with Crippen molar-refractivity contribution in [2.45, 2.75) is 0 Å². The van der Waals surface area contributed by atoms with Crippen LogP contribution in [-0.4, -0.2) is 4.40 Å². The minimum atomic E-state index is 0.871. The molecule has 312 valence electrons. The molecule has 0 atom stereocenters. The van der Waals surface area contributed by atoms with Crippen LogP contribution in [0.4, 0.5) is 34.1 Å². The fourth-order valence-corrected chi connectivity index (χ4v) is 11.0. The third-order valence-corrected chi connectivity index (χ3v) is 14.0. The first-order chi connectivity index (χ1) is 33.2. The van der Waals surface area contributed by atoms with Crippen molar-refractivity contribution in [2.24, 2.45) is 0 Å². The van der Waals surface area contributed by atoms with Crippen molar-refractivity contribution in [1.82, 2.24) is 4.40 Å². The van der Waals surface area contributed by atoms with Gasteiger partial charge < -0.3 is 23.0 Å². The fourth-order valence-electron chi connectivity index (χ4n) is 11.0. The van der Waals surface area contributed by atoms with Crippen LogP contribution in [0.3, 0.4) is 0 Å². The van der Waals surface area contributed by atoms with E-state index in [4.69, 9.17) is 8.83 Å². The van der Waals surface area contributed by atoms with E-state index in [1.54, 1.807) is 0 Å². The third kappa shape index (κ3) is 5.37. The van der Waals surface area contributed by atoms with E-state index >= 15 is 0 Å². The maximum Gasteiger partial charge on any atom is 0.137 e. The molecule has 0 unspecified atom stereocenters. The van der Waals surface area contributed by atoms with E-state index in [2.05, 4.69) is 214 Å². The molecule has 0 spiro atoms. The molecule has 0 bridgehead atoms. The van der Waals surface area contributed by atoms with Gasteiger partial charge in [0.15, 0.2) is 0 Å². The Balaban J connectivity index is 0.906. The van der Waals surface area contributed by atoms with Crippen LogP contribution < -0.4 is 9.80 Å². The lowest BCUT2D eigenvalue weighted by Gasteiger charge is -2.25. The molecule has 4 heterocycles. The predicted molar refractivity (Wildman–Crippen MR) is 280 cm³/mol. The number of aromatic nitrogens is 1. The first kappa shape index (κ1) is 36.3. The van der Waals surface area contributed by atoms with Crippen molar-refractivity contribution in [2.75, 3.05) is 9.80 Å². The molecule has 0 aliphatic heterocycles. The fraction of sp³-hybridized carbons (Fsp3) is 0. The zero-order valence-electron chi connectivity index (χ0n) is 36.0. The summed E-state index contributed by atoms with van der Waals surface area (Å²) < 4.78 is 15.3. The Labute approximate surface area is 383 Å². The van der Waals surface area contributed by atoms with Gasteiger partial charge in [-0.2, -0.15) is 0 Å². The van der Waals surface area contributed by atoms with Gasteiger partial charge in [-0.3, -0.25) is 0 Å². The molecule has 15 aromatic rings. The molecule has 5 nitrogen and oxygen atoms in total. The molecule has 0 aliphatic carbocycles. The zero-order chi connectivity index (χ0) is 43.7. The van der Waals surface area contributed by atoms with E-state index < -0.39 is 0 Å². The van der Waals surface area contributed by atoms with Crippen LogP contribution in [0, 0.1) is 0 Å². The molecule has 0 radical (unpaired) electrons. The lowest BCUT2D eigenvalue weighted by atomic mass is 10.0. The van der Waals surface area contributed by atoms with E-state index in [-0.39, 0.29) is 0 Å². The van der Waals surface area contributed by atoms with E-state index in [0.29, 0.717) is 0 Å². The molecule has 4 aromatic heterocycles. The van der Waals surface area contributed by atoms with E-state index in [1.807, 2.05) is 24.3 Å². The number of para-hydroxylation sites is 5. The summed E-state index contributed by atoms with van der Waals surface area (Å²) in [4.78, 5) is 4.66. The Hall–Kier alpha value is -9.06. The van der Waals surface area contributed by atoms with Gasteiger partial charge in [-0.05, 0) is 131 Å². The molecule has 67 heavy (non-hydrogen) atoms. The van der Waals surface area contributed by atoms with Gasteiger partial charge in [-0.15, -0.1) is 0 Å². The molecule has 0 saturated heterocycles. The minimum Gasteiger partial charge on any atom is -0.456 e. The van der Waals surface area contributed by atoms with Crippen LogP contribution in [0.15, 0.2) is 233 Å². The van der Waals surface area contributed by atoms with Gasteiger partial charge in [0, 0.05) is 89.3 Å². The minimum absolute atomic E-state index is 0.871. The highest BCUT2D eigenvalue weighted by Crippen LogP contribution is 2.45.